The minimum atomic E-state index is -0.517. The van der Waals surface area contributed by atoms with Crippen molar-refractivity contribution in [3.05, 3.63) is 59.1 Å². The second-order valence-electron chi connectivity index (χ2n) is 3.85. The number of esters is 1. The SMILES string of the molecule is N#Cc1ccc(OCC(=O)Oc2ccc(Cl)cc2)cc1. The van der Waals surface area contributed by atoms with E-state index in [9.17, 15) is 4.79 Å². The topological polar surface area (TPSA) is 59.3 Å². The maximum Gasteiger partial charge on any atom is 0.349 e. The van der Waals surface area contributed by atoms with Crippen molar-refractivity contribution in [1.29, 1.82) is 5.26 Å². The predicted octanol–water partition coefficient (Wildman–Crippen LogP) is 3.20. The fourth-order valence-corrected chi connectivity index (χ4v) is 1.56. The highest BCUT2D eigenvalue weighted by molar-refractivity contribution is 6.30. The largest absolute Gasteiger partial charge is 0.482 e. The number of hydrogen-bond donors (Lipinski definition) is 0. The summed E-state index contributed by atoms with van der Waals surface area (Å²) in [6.45, 7) is -0.214. The quantitative estimate of drug-likeness (QED) is 0.640. The highest BCUT2D eigenvalue weighted by Crippen LogP contribution is 2.16. The Morgan fingerprint density at radius 2 is 1.65 bits per heavy atom. The van der Waals surface area contributed by atoms with E-state index in [2.05, 4.69) is 0 Å². The Morgan fingerprint density at radius 3 is 2.25 bits per heavy atom. The lowest BCUT2D eigenvalue weighted by molar-refractivity contribution is -0.136. The van der Waals surface area contributed by atoms with Crippen molar-refractivity contribution in [2.24, 2.45) is 0 Å². The Morgan fingerprint density at radius 1 is 1.05 bits per heavy atom. The maximum atomic E-state index is 11.6. The van der Waals surface area contributed by atoms with Gasteiger partial charge >= 0.3 is 5.97 Å². The van der Waals surface area contributed by atoms with E-state index >= 15 is 0 Å². The first-order valence-electron chi connectivity index (χ1n) is 5.76. The monoisotopic (exact) mass is 287 g/mol. The average Bonchev–Trinajstić information content (AvgIpc) is 2.48. The second kappa shape index (κ2) is 6.60. The molecule has 0 radical (unpaired) electrons. The molecule has 0 unspecified atom stereocenters. The average molecular weight is 288 g/mol. The van der Waals surface area contributed by atoms with Gasteiger partial charge in [0.1, 0.15) is 11.5 Å². The van der Waals surface area contributed by atoms with E-state index in [1.165, 1.54) is 0 Å². The molecule has 0 amide bonds. The molecule has 20 heavy (non-hydrogen) atoms. The molecule has 2 aromatic rings. The highest BCUT2D eigenvalue weighted by atomic mass is 35.5. The summed E-state index contributed by atoms with van der Waals surface area (Å²) in [4.78, 5) is 11.6. The van der Waals surface area contributed by atoms with Crippen molar-refractivity contribution in [2.75, 3.05) is 6.61 Å². The summed E-state index contributed by atoms with van der Waals surface area (Å²) in [6, 6.07) is 14.9. The second-order valence-corrected chi connectivity index (χ2v) is 4.29. The molecule has 2 aromatic carbocycles. The molecule has 0 fully saturated rings. The smallest absolute Gasteiger partial charge is 0.349 e. The van der Waals surface area contributed by atoms with E-state index in [0.717, 1.165) is 0 Å². The Balaban J connectivity index is 1.85. The summed E-state index contributed by atoms with van der Waals surface area (Å²) in [7, 11) is 0. The van der Waals surface area contributed by atoms with E-state index in [1.807, 2.05) is 6.07 Å². The van der Waals surface area contributed by atoms with E-state index < -0.39 is 5.97 Å². The number of halogens is 1. The van der Waals surface area contributed by atoms with E-state index in [4.69, 9.17) is 26.3 Å². The molecule has 0 aliphatic rings. The molecule has 0 atom stereocenters. The third kappa shape index (κ3) is 4.01. The molecule has 0 saturated carbocycles. The van der Waals surface area contributed by atoms with Gasteiger partial charge in [-0.05, 0) is 48.5 Å². The molecule has 0 N–H and O–H groups in total. The Kier molecular flexibility index (Phi) is 4.59. The molecule has 0 aliphatic carbocycles. The Bertz CT molecular complexity index is 630. The third-order valence-electron chi connectivity index (χ3n) is 2.39. The van der Waals surface area contributed by atoms with Crippen LogP contribution in [-0.4, -0.2) is 12.6 Å². The van der Waals surface area contributed by atoms with Crippen LogP contribution in [0.5, 0.6) is 11.5 Å². The first-order valence-corrected chi connectivity index (χ1v) is 6.14. The van der Waals surface area contributed by atoms with Gasteiger partial charge in [0.05, 0.1) is 11.6 Å². The third-order valence-corrected chi connectivity index (χ3v) is 2.64. The molecule has 5 heteroatoms. The maximum absolute atomic E-state index is 11.6. The molecule has 0 heterocycles. The first-order chi connectivity index (χ1) is 9.67. The van der Waals surface area contributed by atoms with Gasteiger partial charge in [-0.2, -0.15) is 5.26 Å². The molecule has 4 nitrogen and oxygen atoms in total. The predicted molar refractivity (Wildman–Crippen MR) is 73.7 cm³/mol. The van der Waals surface area contributed by atoms with Crippen LogP contribution in [0.1, 0.15) is 5.56 Å². The standard InChI is InChI=1S/C15H10ClNO3/c16-12-3-7-14(8-4-12)20-15(18)10-19-13-5-1-11(9-17)2-6-13/h1-8H,10H2. The minimum Gasteiger partial charge on any atom is -0.482 e. The first kappa shape index (κ1) is 13.9. The van der Waals surface area contributed by atoms with Crippen molar-refractivity contribution < 1.29 is 14.3 Å². The van der Waals surface area contributed by atoms with E-state index in [-0.39, 0.29) is 6.61 Å². The van der Waals surface area contributed by atoms with Crippen molar-refractivity contribution in [1.82, 2.24) is 0 Å². The van der Waals surface area contributed by atoms with Crippen LogP contribution in [-0.2, 0) is 4.79 Å². The molecular formula is C15H10ClNO3. The highest BCUT2D eigenvalue weighted by Gasteiger charge is 2.06. The van der Waals surface area contributed by atoms with Gasteiger partial charge in [-0.3, -0.25) is 0 Å². The number of rotatable bonds is 4. The van der Waals surface area contributed by atoms with Gasteiger partial charge in [0, 0.05) is 5.02 Å². The number of carbonyl (C=O) groups excluding carboxylic acids is 1. The Hall–Kier alpha value is -2.51. The molecule has 100 valence electrons. The van der Waals surface area contributed by atoms with E-state index in [1.54, 1.807) is 48.5 Å². The zero-order valence-corrected chi connectivity index (χ0v) is 11.1. The van der Waals surface area contributed by atoms with Crippen molar-refractivity contribution in [3.8, 4) is 17.6 Å². The molecule has 2 rings (SSSR count). The number of ether oxygens (including phenoxy) is 2. The van der Waals surface area contributed by atoms with Gasteiger partial charge in [-0.15, -0.1) is 0 Å². The van der Waals surface area contributed by atoms with Crippen LogP contribution >= 0.6 is 11.6 Å². The van der Waals surface area contributed by atoms with Gasteiger partial charge in [0.25, 0.3) is 0 Å². The summed E-state index contributed by atoms with van der Waals surface area (Å²) in [6.07, 6.45) is 0. The number of hydrogen-bond acceptors (Lipinski definition) is 4. The van der Waals surface area contributed by atoms with Crippen molar-refractivity contribution in [3.63, 3.8) is 0 Å². The van der Waals surface area contributed by atoms with E-state index in [0.29, 0.717) is 22.1 Å². The zero-order valence-electron chi connectivity index (χ0n) is 10.4. The van der Waals surface area contributed by atoms with Gasteiger partial charge in [-0.25, -0.2) is 4.79 Å². The number of carbonyl (C=O) groups is 1. The van der Waals surface area contributed by atoms with Gasteiger partial charge in [0.2, 0.25) is 0 Å². The Labute approximate surface area is 121 Å². The van der Waals surface area contributed by atoms with Crippen LogP contribution < -0.4 is 9.47 Å². The van der Waals surface area contributed by atoms with Crippen LogP contribution in [0.15, 0.2) is 48.5 Å². The summed E-state index contributed by atoms with van der Waals surface area (Å²) in [5.74, 6) is 0.386. The van der Waals surface area contributed by atoms with Crippen LogP contribution in [0.2, 0.25) is 5.02 Å². The van der Waals surface area contributed by atoms with Crippen molar-refractivity contribution in [2.45, 2.75) is 0 Å². The number of benzene rings is 2. The summed E-state index contributed by atoms with van der Waals surface area (Å²) in [5.41, 5.74) is 0.529. The molecule has 0 aromatic heterocycles. The fourth-order valence-electron chi connectivity index (χ4n) is 1.43. The van der Waals surface area contributed by atoms with Crippen LogP contribution in [0, 0.1) is 11.3 Å². The number of nitriles is 1. The van der Waals surface area contributed by atoms with Gasteiger partial charge in [0.15, 0.2) is 6.61 Å². The lowest BCUT2D eigenvalue weighted by atomic mass is 10.2. The summed E-state index contributed by atoms with van der Waals surface area (Å²) < 4.78 is 10.3. The lowest BCUT2D eigenvalue weighted by Gasteiger charge is -2.06. The fraction of sp³-hybridized carbons (Fsp3) is 0.0667. The minimum absolute atomic E-state index is 0.214. The summed E-state index contributed by atoms with van der Waals surface area (Å²) in [5, 5.41) is 9.22. The summed E-state index contributed by atoms with van der Waals surface area (Å²) >= 11 is 5.73. The molecule has 0 saturated heterocycles. The molecular weight excluding hydrogens is 278 g/mol. The van der Waals surface area contributed by atoms with Crippen LogP contribution in [0.3, 0.4) is 0 Å². The van der Waals surface area contributed by atoms with Crippen molar-refractivity contribution >= 4 is 17.6 Å². The van der Waals surface area contributed by atoms with Gasteiger partial charge < -0.3 is 9.47 Å². The number of nitrogens with zero attached hydrogens (tertiary/aromatic N) is 1. The van der Waals surface area contributed by atoms with Crippen LogP contribution in [0.4, 0.5) is 0 Å². The normalized spacial score (nSPS) is 9.60. The molecule has 0 aliphatic heterocycles. The molecule has 0 spiro atoms. The van der Waals surface area contributed by atoms with Gasteiger partial charge in [-0.1, -0.05) is 11.6 Å². The molecule has 0 bridgehead atoms. The van der Waals surface area contributed by atoms with Crippen LogP contribution in [0.25, 0.3) is 0 Å². The lowest BCUT2D eigenvalue weighted by Crippen LogP contribution is -2.17. The zero-order chi connectivity index (χ0) is 14.4.